The van der Waals surface area contributed by atoms with Crippen molar-refractivity contribution >= 4 is 11.9 Å². The van der Waals surface area contributed by atoms with Crippen LogP contribution in [0, 0.1) is 0 Å². The normalized spacial score (nSPS) is 12.1. The molecule has 0 heterocycles. The first-order chi connectivity index (χ1) is 26.6. The lowest BCUT2D eigenvalue weighted by Crippen LogP contribution is -2.28. The lowest BCUT2D eigenvalue weighted by molar-refractivity contribution is -0.161. The molecular formula is C49H94O5. The zero-order chi connectivity index (χ0) is 39.3. The highest BCUT2D eigenvalue weighted by molar-refractivity contribution is 5.70. The second-order valence-corrected chi connectivity index (χ2v) is 16.5. The van der Waals surface area contributed by atoms with E-state index >= 15 is 0 Å². The van der Waals surface area contributed by atoms with Gasteiger partial charge in [0.15, 0.2) is 6.10 Å². The van der Waals surface area contributed by atoms with Gasteiger partial charge in [0.1, 0.15) is 6.61 Å². The molecule has 0 unspecified atom stereocenters. The smallest absolute Gasteiger partial charge is 0.306 e. The number of aliphatic hydroxyl groups is 1. The van der Waals surface area contributed by atoms with Gasteiger partial charge in [0, 0.05) is 12.8 Å². The van der Waals surface area contributed by atoms with Gasteiger partial charge in [-0.05, 0) is 38.5 Å². The number of esters is 2. The lowest BCUT2D eigenvalue weighted by atomic mass is 10.0. The Bertz CT molecular complexity index is 780. The van der Waals surface area contributed by atoms with E-state index in [4.69, 9.17) is 9.47 Å². The van der Waals surface area contributed by atoms with Crippen LogP contribution in [-0.4, -0.2) is 36.4 Å². The van der Waals surface area contributed by atoms with Crippen molar-refractivity contribution in [2.45, 2.75) is 277 Å². The van der Waals surface area contributed by atoms with Crippen molar-refractivity contribution in [1.82, 2.24) is 0 Å². The summed E-state index contributed by atoms with van der Waals surface area (Å²) >= 11 is 0. The number of hydrogen-bond acceptors (Lipinski definition) is 5. The third-order valence-corrected chi connectivity index (χ3v) is 11.1. The minimum absolute atomic E-state index is 0.0608. The van der Waals surface area contributed by atoms with Gasteiger partial charge in [-0.2, -0.15) is 0 Å². The van der Waals surface area contributed by atoms with Crippen LogP contribution < -0.4 is 0 Å². The van der Waals surface area contributed by atoms with Crippen LogP contribution in [0.25, 0.3) is 0 Å². The fraction of sp³-hybridized carbons (Fsp3) is 0.918. The van der Waals surface area contributed by atoms with Gasteiger partial charge in [0.2, 0.25) is 0 Å². The number of hydrogen-bond donors (Lipinski definition) is 1. The van der Waals surface area contributed by atoms with Gasteiger partial charge in [0.05, 0.1) is 6.61 Å². The van der Waals surface area contributed by atoms with E-state index in [0.29, 0.717) is 12.8 Å². The maximum absolute atomic E-state index is 12.2. The van der Waals surface area contributed by atoms with Gasteiger partial charge < -0.3 is 14.6 Å². The van der Waals surface area contributed by atoms with Crippen LogP contribution in [0.4, 0.5) is 0 Å². The SMILES string of the molecule is CCCCCCCC/C=C/CCCCCCCCCC(=O)O[C@@H](CO)COC(=O)CCCCCCCCCCCCCCCCCCCCCCCCC. The molecule has 54 heavy (non-hydrogen) atoms. The molecule has 0 bridgehead atoms. The lowest BCUT2D eigenvalue weighted by Gasteiger charge is -2.15. The summed E-state index contributed by atoms with van der Waals surface area (Å²) in [7, 11) is 0. The van der Waals surface area contributed by atoms with Crippen LogP contribution in [0.5, 0.6) is 0 Å². The highest BCUT2D eigenvalue weighted by Crippen LogP contribution is 2.16. The second kappa shape index (κ2) is 46.0. The number of aliphatic hydroxyl groups excluding tert-OH is 1. The summed E-state index contributed by atoms with van der Waals surface area (Å²) in [6.07, 6.45) is 54.4. The summed E-state index contributed by atoms with van der Waals surface area (Å²) in [5.74, 6) is -0.579. The van der Waals surface area contributed by atoms with E-state index in [2.05, 4.69) is 26.0 Å². The molecule has 0 spiro atoms. The highest BCUT2D eigenvalue weighted by Gasteiger charge is 2.16. The molecule has 0 aliphatic heterocycles. The average molecular weight is 763 g/mol. The first-order valence-corrected chi connectivity index (χ1v) is 24.2. The molecule has 0 aromatic rings. The van der Waals surface area contributed by atoms with Crippen molar-refractivity contribution in [2.75, 3.05) is 13.2 Å². The topological polar surface area (TPSA) is 72.8 Å². The molecule has 0 aliphatic rings. The van der Waals surface area contributed by atoms with E-state index in [1.54, 1.807) is 0 Å². The number of ether oxygens (including phenoxy) is 2. The molecule has 320 valence electrons. The molecule has 0 fully saturated rings. The molecule has 0 aromatic heterocycles. The number of rotatable bonds is 45. The molecule has 0 saturated heterocycles. The van der Waals surface area contributed by atoms with Crippen molar-refractivity contribution < 1.29 is 24.2 Å². The Labute approximate surface area is 337 Å². The Morgan fingerprint density at radius 1 is 0.407 bits per heavy atom. The van der Waals surface area contributed by atoms with Crippen LogP contribution in [0.1, 0.15) is 271 Å². The van der Waals surface area contributed by atoms with E-state index in [0.717, 1.165) is 32.1 Å². The second-order valence-electron chi connectivity index (χ2n) is 16.5. The van der Waals surface area contributed by atoms with Crippen molar-refractivity contribution in [2.24, 2.45) is 0 Å². The van der Waals surface area contributed by atoms with E-state index in [-0.39, 0.29) is 25.2 Å². The van der Waals surface area contributed by atoms with Gasteiger partial charge in [0.25, 0.3) is 0 Å². The molecule has 0 aliphatic carbocycles. The molecule has 1 atom stereocenters. The summed E-state index contributed by atoms with van der Waals surface area (Å²) in [5.41, 5.74) is 0. The molecule has 0 aromatic carbocycles. The van der Waals surface area contributed by atoms with Gasteiger partial charge in [-0.15, -0.1) is 0 Å². The van der Waals surface area contributed by atoms with Crippen LogP contribution >= 0.6 is 0 Å². The Hall–Kier alpha value is -1.36. The van der Waals surface area contributed by atoms with E-state index in [1.165, 1.54) is 212 Å². The standard InChI is InChI=1S/C49H94O5/c1-3-5-7-9-11-13-15-17-19-21-22-23-24-25-26-28-29-31-33-35-37-39-41-43-48(51)53-46-47(45-50)54-49(52)44-42-40-38-36-34-32-30-27-20-18-16-14-12-10-8-6-4-2/h18,20,47,50H,3-17,19,21-46H2,1-2H3/b20-18+/t47-/m0/s1. The largest absolute Gasteiger partial charge is 0.462 e. The Balaban J connectivity index is 3.45. The van der Waals surface area contributed by atoms with Crippen molar-refractivity contribution in [3.05, 3.63) is 12.2 Å². The number of unbranched alkanes of at least 4 members (excludes halogenated alkanes) is 35. The first kappa shape index (κ1) is 52.6. The quantitative estimate of drug-likeness (QED) is 0.0380. The van der Waals surface area contributed by atoms with Crippen LogP contribution in [0.15, 0.2) is 12.2 Å². The first-order valence-electron chi connectivity index (χ1n) is 24.2. The molecule has 0 amide bonds. The van der Waals surface area contributed by atoms with Gasteiger partial charge in [-0.1, -0.05) is 231 Å². The van der Waals surface area contributed by atoms with Gasteiger partial charge in [-0.3, -0.25) is 9.59 Å². The summed E-state index contributed by atoms with van der Waals surface area (Å²) in [4.78, 5) is 24.4. The summed E-state index contributed by atoms with van der Waals surface area (Å²) in [5, 5.41) is 9.60. The molecule has 0 rings (SSSR count). The van der Waals surface area contributed by atoms with Crippen molar-refractivity contribution in [1.29, 1.82) is 0 Å². The molecule has 5 nitrogen and oxygen atoms in total. The molecule has 1 N–H and O–H groups in total. The molecular weight excluding hydrogens is 669 g/mol. The number of allylic oxidation sites excluding steroid dienone is 2. The highest BCUT2D eigenvalue weighted by atomic mass is 16.6. The van der Waals surface area contributed by atoms with Crippen LogP contribution in [0.2, 0.25) is 0 Å². The predicted octanol–water partition coefficient (Wildman–Crippen LogP) is 15.6. The van der Waals surface area contributed by atoms with Crippen molar-refractivity contribution in [3.63, 3.8) is 0 Å². The fourth-order valence-corrected chi connectivity index (χ4v) is 7.38. The van der Waals surface area contributed by atoms with Gasteiger partial charge in [-0.25, -0.2) is 0 Å². The maximum atomic E-state index is 12.2. The van der Waals surface area contributed by atoms with E-state index in [9.17, 15) is 14.7 Å². The number of carbonyl (C=O) groups is 2. The molecule has 5 heteroatoms. The Kier molecular flexibility index (Phi) is 44.9. The van der Waals surface area contributed by atoms with Crippen LogP contribution in [0.3, 0.4) is 0 Å². The van der Waals surface area contributed by atoms with Crippen LogP contribution in [-0.2, 0) is 19.1 Å². The third kappa shape index (κ3) is 43.4. The monoisotopic (exact) mass is 763 g/mol. The zero-order valence-corrected chi connectivity index (χ0v) is 36.5. The van der Waals surface area contributed by atoms with E-state index < -0.39 is 6.10 Å². The minimum Gasteiger partial charge on any atom is -0.462 e. The maximum Gasteiger partial charge on any atom is 0.306 e. The zero-order valence-electron chi connectivity index (χ0n) is 36.5. The predicted molar refractivity (Wildman–Crippen MR) is 233 cm³/mol. The Morgan fingerprint density at radius 3 is 1.00 bits per heavy atom. The van der Waals surface area contributed by atoms with E-state index in [1.807, 2.05) is 0 Å². The summed E-state index contributed by atoms with van der Waals surface area (Å²) in [6.45, 7) is 4.17. The average Bonchev–Trinajstić information content (AvgIpc) is 3.17. The third-order valence-electron chi connectivity index (χ3n) is 11.1. The summed E-state index contributed by atoms with van der Waals surface area (Å²) < 4.78 is 10.7. The number of carbonyl (C=O) groups excluding carboxylic acids is 2. The van der Waals surface area contributed by atoms with Gasteiger partial charge >= 0.3 is 11.9 Å². The Morgan fingerprint density at radius 2 is 0.685 bits per heavy atom. The fourth-order valence-electron chi connectivity index (χ4n) is 7.38. The molecule has 0 radical (unpaired) electrons. The molecule has 0 saturated carbocycles. The summed E-state index contributed by atoms with van der Waals surface area (Å²) in [6, 6.07) is 0. The minimum atomic E-state index is -0.768. The van der Waals surface area contributed by atoms with Crippen molar-refractivity contribution in [3.8, 4) is 0 Å².